The lowest BCUT2D eigenvalue weighted by molar-refractivity contribution is -0.124. The summed E-state index contributed by atoms with van der Waals surface area (Å²) in [6.45, 7) is 4.68. The fourth-order valence-electron chi connectivity index (χ4n) is 2.35. The summed E-state index contributed by atoms with van der Waals surface area (Å²) in [6, 6.07) is 7.79. The van der Waals surface area contributed by atoms with Crippen LogP contribution >= 0.6 is 0 Å². The molecule has 1 heterocycles. The number of benzene rings is 1. The Bertz CT molecular complexity index is 446. The highest BCUT2D eigenvalue weighted by molar-refractivity contribution is 5.82. The Labute approximate surface area is 114 Å². The van der Waals surface area contributed by atoms with Crippen molar-refractivity contribution in [2.75, 3.05) is 6.61 Å². The van der Waals surface area contributed by atoms with Gasteiger partial charge in [-0.05, 0) is 23.5 Å². The summed E-state index contributed by atoms with van der Waals surface area (Å²) in [5.41, 5.74) is 2.49. The molecule has 0 fully saturated rings. The molecule has 104 valence electrons. The van der Waals surface area contributed by atoms with Crippen molar-refractivity contribution < 1.29 is 9.90 Å². The topological polar surface area (TPSA) is 61.4 Å². The van der Waals surface area contributed by atoms with E-state index in [1.807, 2.05) is 26.0 Å². The quantitative estimate of drug-likeness (QED) is 0.753. The van der Waals surface area contributed by atoms with Gasteiger partial charge in [0.1, 0.15) is 0 Å². The van der Waals surface area contributed by atoms with Gasteiger partial charge in [-0.1, -0.05) is 38.1 Å². The zero-order chi connectivity index (χ0) is 13.8. The van der Waals surface area contributed by atoms with Crippen molar-refractivity contribution in [3.8, 4) is 0 Å². The maximum absolute atomic E-state index is 12.2. The molecule has 19 heavy (non-hydrogen) atoms. The smallest absolute Gasteiger partial charge is 0.237 e. The highest BCUT2D eigenvalue weighted by atomic mass is 16.3. The molecule has 0 bridgehead atoms. The summed E-state index contributed by atoms with van der Waals surface area (Å²) >= 11 is 0. The molecule has 0 saturated heterocycles. The molecule has 1 aliphatic rings. The van der Waals surface area contributed by atoms with Crippen molar-refractivity contribution in [1.82, 2.24) is 10.6 Å². The van der Waals surface area contributed by atoms with Gasteiger partial charge in [-0.15, -0.1) is 0 Å². The molecule has 1 aromatic carbocycles. The van der Waals surface area contributed by atoms with Crippen molar-refractivity contribution in [1.29, 1.82) is 0 Å². The second kappa shape index (κ2) is 6.17. The molecule has 3 N–H and O–H groups in total. The van der Waals surface area contributed by atoms with Crippen molar-refractivity contribution in [2.45, 2.75) is 38.9 Å². The van der Waals surface area contributed by atoms with Gasteiger partial charge in [0.25, 0.3) is 0 Å². The van der Waals surface area contributed by atoms with Gasteiger partial charge in [0.05, 0.1) is 18.7 Å². The van der Waals surface area contributed by atoms with E-state index in [9.17, 15) is 9.90 Å². The van der Waals surface area contributed by atoms with Gasteiger partial charge in [-0.3, -0.25) is 4.79 Å². The van der Waals surface area contributed by atoms with E-state index in [2.05, 4.69) is 22.8 Å². The molecule has 0 spiro atoms. The predicted molar refractivity (Wildman–Crippen MR) is 74.6 cm³/mol. The first-order valence-electron chi connectivity index (χ1n) is 6.83. The Morgan fingerprint density at radius 1 is 1.42 bits per heavy atom. The van der Waals surface area contributed by atoms with Crippen LogP contribution in [0.4, 0.5) is 0 Å². The number of aliphatic hydroxyl groups is 1. The highest BCUT2D eigenvalue weighted by Crippen LogP contribution is 2.16. The maximum Gasteiger partial charge on any atom is 0.237 e. The van der Waals surface area contributed by atoms with Gasteiger partial charge in [0.2, 0.25) is 5.91 Å². The van der Waals surface area contributed by atoms with Crippen molar-refractivity contribution in [2.24, 2.45) is 5.92 Å². The van der Waals surface area contributed by atoms with Crippen molar-refractivity contribution >= 4 is 5.91 Å². The van der Waals surface area contributed by atoms with Crippen LogP contribution in [0.2, 0.25) is 0 Å². The Kier molecular flexibility index (Phi) is 4.56. The SMILES string of the molecule is CC(C)C(CO)NC(=O)[C@H]1Cc2ccccc2CN1. The van der Waals surface area contributed by atoms with Crippen LogP contribution in [0.3, 0.4) is 0 Å². The van der Waals surface area contributed by atoms with E-state index in [4.69, 9.17) is 0 Å². The average Bonchev–Trinajstić information content (AvgIpc) is 2.43. The Morgan fingerprint density at radius 3 is 2.74 bits per heavy atom. The number of fused-ring (bicyclic) bond motifs is 1. The summed E-state index contributed by atoms with van der Waals surface area (Å²) < 4.78 is 0. The standard InChI is InChI=1S/C15H22N2O2/c1-10(2)14(9-18)17-15(19)13-7-11-5-3-4-6-12(11)8-16-13/h3-6,10,13-14,16,18H,7-9H2,1-2H3,(H,17,19)/t13-,14?/m1/s1. The molecule has 2 rings (SSSR count). The van der Waals surface area contributed by atoms with Crippen LogP contribution in [0.1, 0.15) is 25.0 Å². The molecule has 1 aromatic rings. The second-order valence-corrected chi connectivity index (χ2v) is 5.45. The molecule has 0 radical (unpaired) electrons. The molecule has 1 aliphatic heterocycles. The fraction of sp³-hybridized carbons (Fsp3) is 0.533. The van der Waals surface area contributed by atoms with Gasteiger partial charge in [-0.2, -0.15) is 0 Å². The van der Waals surface area contributed by atoms with Gasteiger partial charge in [-0.25, -0.2) is 0 Å². The number of hydrogen-bond acceptors (Lipinski definition) is 3. The van der Waals surface area contributed by atoms with Crippen LogP contribution in [-0.4, -0.2) is 29.7 Å². The van der Waals surface area contributed by atoms with E-state index >= 15 is 0 Å². The summed E-state index contributed by atoms with van der Waals surface area (Å²) in [7, 11) is 0. The first-order valence-corrected chi connectivity index (χ1v) is 6.83. The third kappa shape index (κ3) is 3.33. The normalized spacial score (nSPS) is 19.9. The number of amides is 1. The predicted octanol–water partition coefficient (Wildman–Crippen LogP) is 0.834. The number of aliphatic hydroxyl groups excluding tert-OH is 1. The molecule has 2 atom stereocenters. The third-order valence-electron chi connectivity index (χ3n) is 3.73. The first kappa shape index (κ1) is 14.0. The number of carbonyl (C=O) groups excluding carboxylic acids is 1. The van der Waals surface area contributed by atoms with Crippen LogP contribution in [0.25, 0.3) is 0 Å². The summed E-state index contributed by atoms with van der Waals surface area (Å²) in [5, 5.41) is 15.4. The van der Waals surface area contributed by atoms with E-state index in [1.54, 1.807) is 0 Å². The minimum absolute atomic E-state index is 0.0211. The van der Waals surface area contributed by atoms with Crippen LogP contribution in [0.5, 0.6) is 0 Å². The largest absolute Gasteiger partial charge is 0.394 e. The lowest BCUT2D eigenvalue weighted by atomic mass is 9.95. The van der Waals surface area contributed by atoms with Gasteiger partial charge in [0, 0.05) is 6.54 Å². The van der Waals surface area contributed by atoms with Crippen LogP contribution in [0.15, 0.2) is 24.3 Å². The monoisotopic (exact) mass is 262 g/mol. The Morgan fingerprint density at radius 2 is 2.11 bits per heavy atom. The molecule has 1 amide bonds. The zero-order valence-electron chi connectivity index (χ0n) is 11.5. The lowest BCUT2D eigenvalue weighted by Gasteiger charge is -2.28. The molecular weight excluding hydrogens is 240 g/mol. The molecular formula is C15H22N2O2. The third-order valence-corrected chi connectivity index (χ3v) is 3.73. The number of rotatable bonds is 4. The number of hydrogen-bond donors (Lipinski definition) is 3. The van der Waals surface area contributed by atoms with Gasteiger partial charge < -0.3 is 15.7 Å². The molecule has 1 unspecified atom stereocenters. The van der Waals surface area contributed by atoms with E-state index in [1.165, 1.54) is 11.1 Å². The molecule has 0 aromatic heterocycles. The Hall–Kier alpha value is -1.39. The molecule has 4 heteroatoms. The minimum Gasteiger partial charge on any atom is -0.394 e. The van der Waals surface area contributed by atoms with Crippen LogP contribution in [-0.2, 0) is 17.8 Å². The Balaban J connectivity index is 1.99. The van der Waals surface area contributed by atoms with E-state index in [-0.39, 0.29) is 30.5 Å². The molecule has 4 nitrogen and oxygen atoms in total. The summed E-state index contributed by atoms with van der Waals surface area (Å²) in [5.74, 6) is 0.201. The van der Waals surface area contributed by atoms with Crippen LogP contribution < -0.4 is 10.6 Å². The first-order chi connectivity index (χ1) is 9.11. The highest BCUT2D eigenvalue weighted by Gasteiger charge is 2.26. The summed E-state index contributed by atoms with van der Waals surface area (Å²) in [4.78, 5) is 12.2. The van der Waals surface area contributed by atoms with Gasteiger partial charge in [0.15, 0.2) is 0 Å². The van der Waals surface area contributed by atoms with Crippen molar-refractivity contribution in [3.05, 3.63) is 35.4 Å². The minimum atomic E-state index is -0.206. The molecule has 0 aliphatic carbocycles. The van der Waals surface area contributed by atoms with Crippen molar-refractivity contribution in [3.63, 3.8) is 0 Å². The zero-order valence-corrected chi connectivity index (χ0v) is 11.5. The number of nitrogens with one attached hydrogen (secondary N) is 2. The summed E-state index contributed by atoms with van der Waals surface area (Å²) in [6.07, 6.45) is 0.707. The fourth-order valence-corrected chi connectivity index (χ4v) is 2.35. The maximum atomic E-state index is 12.2. The van der Waals surface area contributed by atoms with Gasteiger partial charge >= 0.3 is 0 Å². The second-order valence-electron chi connectivity index (χ2n) is 5.45. The van der Waals surface area contributed by atoms with E-state index in [0.29, 0.717) is 6.42 Å². The van der Waals surface area contributed by atoms with E-state index < -0.39 is 0 Å². The van der Waals surface area contributed by atoms with Crippen LogP contribution in [0, 0.1) is 5.92 Å². The number of carbonyl (C=O) groups is 1. The average molecular weight is 262 g/mol. The lowest BCUT2D eigenvalue weighted by Crippen LogP contribution is -2.52. The molecule has 0 saturated carbocycles. The van der Waals surface area contributed by atoms with E-state index in [0.717, 1.165) is 6.54 Å².